The summed E-state index contributed by atoms with van der Waals surface area (Å²) in [6, 6.07) is 17.6. The van der Waals surface area contributed by atoms with Crippen molar-refractivity contribution in [2.24, 2.45) is 0 Å². The lowest BCUT2D eigenvalue weighted by atomic mass is 9.66. The van der Waals surface area contributed by atoms with Crippen LogP contribution in [0.4, 0.5) is 0 Å². The fourth-order valence-electron chi connectivity index (χ4n) is 3.69. The van der Waals surface area contributed by atoms with Gasteiger partial charge >= 0.3 is 5.97 Å². The molecule has 2 atom stereocenters. The molecule has 0 saturated carbocycles. The fourth-order valence-corrected chi connectivity index (χ4v) is 3.69. The van der Waals surface area contributed by atoms with Gasteiger partial charge in [0.05, 0.1) is 18.9 Å². The van der Waals surface area contributed by atoms with Crippen LogP contribution in [0.15, 0.2) is 48.5 Å². The van der Waals surface area contributed by atoms with Gasteiger partial charge in [0.1, 0.15) is 11.8 Å². The van der Waals surface area contributed by atoms with E-state index in [9.17, 15) is 10.1 Å². The minimum atomic E-state index is -1.37. The summed E-state index contributed by atoms with van der Waals surface area (Å²) in [4.78, 5) is 12.3. The first-order valence-electron chi connectivity index (χ1n) is 8.74. The Morgan fingerprint density at radius 2 is 1.65 bits per heavy atom. The number of benzene rings is 2. The monoisotopic (exact) mass is 349 g/mol. The number of nitriles is 1. The smallest absolute Gasteiger partial charge is 0.308 e. The number of cyclic esters (lactones) is 1. The van der Waals surface area contributed by atoms with Crippen molar-refractivity contribution in [2.45, 2.75) is 44.1 Å². The van der Waals surface area contributed by atoms with E-state index in [-0.39, 0.29) is 12.4 Å². The van der Waals surface area contributed by atoms with E-state index in [1.807, 2.05) is 19.1 Å². The molecule has 134 valence electrons. The molecule has 4 nitrogen and oxygen atoms in total. The Labute approximate surface area is 154 Å². The molecule has 0 N–H and O–H groups in total. The van der Waals surface area contributed by atoms with Crippen LogP contribution in [-0.2, 0) is 20.5 Å². The van der Waals surface area contributed by atoms with Gasteiger partial charge in [-0.2, -0.15) is 5.26 Å². The maximum absolute atomic E-state index is 12.3. The van der Waals surface area contributed by atoms with Crippen LogP contribution < -0.4 is 4.74 Å². The number of hydrogen-bond donors (Lipinski definition) is 0. The maximum atomic E-state index is 12.3. The molecule has 1 aliphatic heterocycles. The summed E-state index contributed by atoms with van der Waals surface area (Å²) in [5.74, 6) is 0.743. The summed E-state index contributed by atoms with van der Waals surface area (Å²) in [5, 5.41) is 10.1. The van der Waals surface area contributed by atoms with Gasteiger partial charge in [-0.3, -0.25) is 4.79 Å². The second kappa shape index (κ2) is 6.49. The highest BCUT2D eigenvalue weighted by Gasteiger charge is 2.60. The van der Waals surface area contributed by atoms with Crippen LogP contribution in [0.2, 0.25) is 0 Å². The zero-order valence-corrected chi connectivity index (χ0v) is 15.6. The summed E-state index contributed by atoms with van der Waals surface area (Å²) in [7, 11) is 1.59. The summed E-state index contributed by atoms with van der Waals surface area (Å²) >= 11 is 0. The Kier molecular flexibility index (Phi) is 4.50. The lowest BCUT2D eigenvalue weighted by molar-refractivity contribution is -0.146. The van der Waals surface area contributed by atoms with E-state index in [4.69, 9.17) is 9.47 Å². The molecule has 1 fully saturated rings. The molecule has 1 heterocycles. The molecule has 3 rings (SSSR count). The average Bonchev–Trinajstić information content (AvgIpc) is 2.93. The lowest BCUT2D eigenvalue weighted by Crippen LogP contribution is -2.42. The highest BCUT2D eigenvalue weighted by atomic mass is 16.6. The molecule has 0 aromatic heterocycles. The third-order valence-corrected chi connectivity index (χ3v) is 5.41. The van der Waals surface area contributed by atoms with Gasteiger partial charge in [0.2, 0.25) is 5.60 Å². The van der Waals surface area contributed by atoms with Crippen molar-refractivity contribution in [3.63, 3.8) is 0 Å². The summed E-state index contributed by atoms with van der Waals surface area (Å²) < 4.78 is 10.9. The second-order valence-corrected chi connectivity index (χ2v) is 7.28. The molecule has 26 heavy (non-hydrogen) atoms. The molecular formula is C22H23NO3. The van der Waals surface area contributed by atoms with Gasteiger partial charge in [0, 0.05) is 5.56 Å². The predicted octanol–water partition coefficient (Wildman–Crippen LogP) is 4.44. The van der Waals surface area contributed by atoms with Crippen LogP contribution >= 0.6 is 0 Å². The molecule has 0 amide bonds. The Hall–Kier alpha value is -2.80. The van der Waals surface area contributed by atoms with Crippen molar-refractivity contribution in [1.82, 2.24) is 0 Å². The lowest BCUT2D eigenvalue weighted by Gasteiger charge is -2.36. The first-order chi connectivity index (χ1) is 12.4. The molecule has 0 radical (unpaired) electrons. The van der Waals surface area contributed by atoms with Gasteiger partial charge in [-0.15, -0.1) is 0 Å². The third-order valence-electron chi connectivity index (χ3n) is 5.41. The number of nitrogens with zero attached hydrogens (tertiary/aromatic N) is 1. The first kappa shape index (κ1) is 18.0. The minimum absolute atomic E-state index is 0.160. The van der Waals surface area contributed by atoms with Crippen molar-refractivity contribution >= 4 is 5.97 Å². The van der Waals surface area contributed by atoms with Crippen LogP contribution in [-0.4, -0.2) is 13.1 Å². The molecule has 0 bridgehead atoms. The number of esters is 1. The van der Waals surface area contributed by atoms with Gasteiger partial charge in [-0.25, -0.2) is 0 Å². The van der Waals surface area contributed by atoms with Gasteiger partial charge in [0.25, 0.3) is 0 Å². The fraction of sp³-hybridized carbons (Fsp3) is 0.364. The largest absolute Gasteiger partial charge is 0.497 e. The summed E-state index contributed by atoms with van der Waals surface area (Å²) in [6.07, 6.45) is 0.160. The number of carbonyl (C=O) groups excluding carboxylic acids is 1. The van der Waals surface area contributed by atoms with Crippen LogP contribution in [0.1, 0.15) is 49.8 Å². The first-order valence-corrected chi connectivity index (χ1v) is 8.74. The van der Waals surface area contributed by atoms with E-state index in [1.54, 1.807) is 31.4 Å². The highest BCUT2D eigenvalue weighted by molar-refractivity contribution is 5.77. The number of ether oxygens (including phenoxy) is 2. The molecule has 0 spiro atoms. The SMILES string of the molecule is COc1ccc([C@]2(C#N)OC(=O)CC2(C)c2ccc(C(C)C)cc2)cc1. The molecule has 1 saturated heterocycles. The normalized spacial score (nSPS) is 25.0. The number of rotatable bonds is 4. The van der Waals surface area contributed by atoms with E-state index in [0.29, 0.717) is 17.2 Å². The Balaban J connectivity index is 2.13. The highest BCUT2D eigenvalue weighted by Crippen LogP contribution is 2.52. The van der Waals surface area contributed by atoms with Gasteiger partial charge < -0.3 is 9.47 Å². The van der Waals surface area contributed by atoms with Crippen molar-refractivity contribution in [3.05, 3.63) is 65.2 Å². The van der Waals surface area contributed by atoms with E-state index >= 15 is 0 Å². The summed E-state index contributed by atoms with van der Waals surface area (Å²) in [6.45, 7) is 6.20. The van der Waals surface area contributed by atoms with Crippen molar-refractivity contribution in [3.8, 4) is 11.8 Å². The molecular weight excluding hydrogens is 326 g/mol. The van der Waals surface area contributed by atoms with Gasteiger partial charge in [-0.1, -0.05) is 50.2 Å². The van der Waals surface area contributed by atoms with Crippen LogP contribution in [0.25, 0.3) is 0 Å². The van der Waals surface area contributed by atoms with Crippen molar-refractivity contribution < 1.29 is 14.3 Å². The molecule has 0 aliphatic carbocycles. The van der Waals surface area contributed by atoms with Crippen LogP contribution in [0.3, 0.4) is 0 Å². The van der Waals surface area contributed by atoms with Crippen molar-refractivity contribution in [2.75, 3.05) is 7.11 Å². The molecule has 1 unspecified atom stereocenters. The Morgan fingerprint density at radius 3 is 2.15 bits per heavy atom. The Morgan fingerprint density at radius 1 is 1.08 bits per heavy atom. The quantitative estimate of drug-likeness (QED) is 0.766. The topological polar surface area (TPSA) is 59.3 Å². The molecule has 1 aliphatic rings. The third kappa shape index (κ3) is 2.64. The van der Waals surface area contributed by atoms with Crippen LogP contribution in [0.5, 0.6) is 5.75 Å². The number of carbonyl (C=O) groups is 1. The van der Waals surface area contributed by atoms with Gasteiger partial charge in [0.15, 0.2) is 0 Å². The van der Waals surface area contributed by atoms with E-state index in [1.165, 1.54) is 5.56 Å². The molecule has 2 aromatic carbocycles. The predicted molar refractivity (Wildman–Crippen MR) is 98.9 cm³/mol. The van der Waals surface area contributed by atoms with E-state index < -0.39 is 11.0 Å². The molecule has 2 aromatic rings. The van der Waals surface area contributed by atoms with Gasteiger partial charge in [-0.05, 0) is 36.1 Å². The minimum Gasteiger partial charge on any atom is -0.497 e. The molecule has 4 heteroatoms. The summed E-state index contributed by atoms with van der Waals surface area (Å²) in [5.41, 5.74) is 0.653. The van der Waals surface area contributed by atoms with E-state index in [2.05, 4.69) is 32.0 Å². The Bertz CT molecular complexity index is 848. The maximum Gasteiger partial charge on any atom is 0.308 e. The standard InChI is InChI=1S/C22H23NO3/c1-15(2)16-5-7-17(8-6-16)21(3)13-20(24)26-22(21,14-23)18-9-11-19(25-4)12-10-18/h5-12,15H,13H2,1-4H3/t21?,22-/m0/s1. The average molecular weight is 349 g/mol. The van der Waals surface area contributed by atoms with E-state index in [0.717, 1.165) is 5.56 Å². The van der Waals surface area contributed by atoms with Crippen LogP contribution in [0, 0.1) is 11.3 Å². The van der Waals surface area contributed by atoms with Crippen molar-refractivity contribution in [1.29, 1.82) is 5.26 Å². The zero-order valence-electron chi connectivity index (χ0n) is 15.6. The number of hydrogen-bond acceptors (Lipinski definition) is 4. The number of methoxy groups -OCH3 is 1. The second-order valence-electron chi connectivity index (χ2n) is 7.28. The zero-order chi connectivity index (χ0) is 18.9.